The molecule has 0 bridgehead atoms. The molecule has 1 aromatic carbocycles. The number of nitrogens with one attached hydrogen (secondary N) is 2. The Bertz CT molecular complexity index is 1470. The van der Waals surface area contributed by atoms with Crippen molar-refractivity contribution in [3.63, 3.8) is 0 Å². The van der Waals surface area contributed by atoms with Crippen LogP contribution in [0.3, 0.4) is 0 Å². The molecular formula is C31H42N8O3. The first-order valence-corrected chi connectivity index (χ1v) is 14.6. The van der Waals surface area contributed by atoms with Gasteiger partial charge in [-0.1, -0.05) is 45.0 Å². The molecule has 0 radical (unpaired) electrons. The number of hydrogen-bond donors (Lipinski definition) is 4. The van der Waals surface area contributed by atoms with E-state index in [1.54, 1.807) is 13.1 Å². The Balaban J connectivity index is 1.28. The lowest BCUT2D eigenvalue weighted by molar-refractivity contribution is 0.171. The molecule has 5 rings (SSSR count). The zero-order chi connectivity index (χ0) is 29.9. The minimum Gasteiger partial charge on any atom is -0.484 e. The second-order valence-electron chi connectivity index (χ2n) is 12.1. The summed E-state index contributed by atoms with van der Waals surface area (Å²) in [6.45, 7) is 7.93. The van der Waals surface area contributed by atoms with Crippen molar-refractivity contribution in [2.24, 2.45) is 22.1 Å². The van der Waals surface area contributed by atoms with Gasteiger partial charge in [-0.05, 0) is 60.9 Å². The Hall–Kier alpha value is -4.12. The average molecular weight is 575 g/mol. The SMILES string of the molecule is CN=C(C=C(N)C(C)(C)C)NC(=O)N[C@H]1CC[C@@H](Oc2ccc3nnc(N4CCC(CO)CC4)n3c2)c2ccccc21. The minimum atomic E-state index is -0.332. The number of aromatic nitrogens is 3. The van der Waals surface area contributed by atoms with Crippen LogP contribution in [0.25, 0.3) is 5.65 Å². The van der Waals surface area contributed by atoms with Crippen molar-refractivity contribution in [3.05, 3.63) is 65.5 Å². The van der Waals surface area contributed by atoms with Gasteiger partial charge in [0.05, 0.1) is 12.2 Å². The fourth-order valence-corrected chi connectivity index (χ4v) is 5.48. The van der Waals surface area contributed by atoms with Crippen LogP contribution in [0.5, 0.6) is 5.75 Å². The molecule has 1 fully saturated rings. The quantitative estimate of drug-likeness (QED) is 0.256. The van der Waals surface area contributed by atoms with Crippen LogP contribution in [0.1, 0.15) is 69.7 Å². The number of aliphatic hydroxyl groups is 1. The number of urea groups is 1. The summed E-state index contributed by atoms with van der Waals surface area (Å²) in [6.07, 6.45) is 6.80. The molecule has 1 saturated heterocycles. The number of anilines is 1. The van der Waals surface area contributed by atoms with E-state index in [0.717, 1.165) is 60.8 Å². The van der Waals surface area contributed by atoms with Crippen molar-refractivity contribution in [1.82, 2.24) is 25.2 Å². The first kappa shape index (κ1) is 29.4. The zero-order valence-electron chi connectivity index (χ0n) is 24.9. The summed E-state index contributed by atoms with van der Waals surface area (Å²) in [5, 5.41) is 24.2. The predicted octanol–water partition coefficient (Wildman–Crippen LogP) is 4.11. The summed E-state index contributed by atoms with van der Waals surface area (Å²) < 4.78 is 8.53. The highest BCUT2D eigenvalue weighted by atomic mass is 16.5. The number of allylic oxidation sites excluding steroid dienone is 1. The molecule has 2 atom stereocenters. The minimum absolute atomic E-state index is 0.165. The number of pyridine rings is 1. The lowest BCUT2D eigenvalue weighted by Crippen LogP contribution is -2.42. The highest BCUT2D eigenvalue weighted by Crippen LogP contribution is 2.39. The number of rotatable bonds is 6. The Morgan fingerprint density at radius 1 is 1.12 bits per heavy atom. The van der Waals surface area contributed by atoms with E-state index < -0.39 is 0 Å². The van der Waals surface area contributed by atoms with E-state index in [1.807, 2.05) is 61.7 Å². The number of hydrogen-bond acceptors (Lipinski definition) is 8. The molecular weight excluding hydrogens is 532 g/mol. The third-order valence-corrected chi connectivity index (χ3v) is 8.17. The highest BCUT2D eigenvalue weighted by Gasteiger charge is 2.30. The molecule has 11 heteroatoms. The summed E-state index contributed by atoms with van der Waals surface area (Å²) in [7, 11) is 1.62. The Labute approximate surface area is 246 Å². The van der Waals surface area contributed by atoms with E-state index in [-0.39, 0.29) is 30.2 Å². The molecule has 2 amide bonds. The van der Waals surface area contributed by atoms with Gasteiger partial charge in [0.15, 0.2) is 5.65 Å². The van der Waals surface area contributed by atoms with Gasteiger partial charge >= 0.3 is 6.03 Å². The van der Waals surface area contributed by atoms with Crippen LogP contribution in [0.15, 0.2) is 59.4 Å². The van der Waals surface area contributed by atoms with Crippen LogP contribution in [0, 0.1) is 11.3 Å². The van der Waals surface area contributed by atoms with Gasteiger partial charge in [0, 0.05) is 37.9 Å². The number of piperidine rings is 1. The molecule has 2 aromatic heterocycles. The lowest BCUT2D eigenvalue weighted by Gasteiger charge is -2.32. The van der Waals surface area contributed by atoms with Crippen molar-refractivity contribution in [2.75, 3.05) is 31.6 Å². The van der Waals surface area contributed by atoms with Crippen molar-refractivity contribution in [3.8, 4) is 5.75 Å². The summed E-state index contributed by atoms with van der Waals surface area (Å²) >= 11 is 0. The normalized spacial score (nSPS) is 20.4. The first-order valence-electron chi connectivity index (χ1n) is 14.6. The molecule has 3 heterocycles. The number of benzene rings is 1. The van der Waals surface area contributed by atoms with Crippen molar-refractivity contribution >= 4 is 23.5 Å². The number of carbonyl (C=O) groups is 1. The van der Waals surface area contributed by atoms with Crippen LogP contribution in [-0.4, -0.2) is 58.3 Å². The number of amidine groups is 1. The molecule has 5 N–H and O–H groups in total. The Kier molecular flexibility index (Phi) is 8.67. The zero-order valence-corrected chi connectivity index (χ0v) is 24.9. The summed E-state index contributed by atoms with van der Waals surface area (Å²) in [5.74, 6) is 2.28. The highest BCUT2D eigenvalue weighted by molar-refractivity contribution is 6.04. The maximum Gasteiger partial charge on any atom is 0.320 e. The molecule has 42 heavy (non-hydrogen) atoms. The molecule has 11 nitrogen and oxygen atoms in total. The lowest BCUT2D eigenvalue weighted by atomic mass is 9.85. The van der Waals surface area contributed by atoms with Crippen LogP contribution >= 0.6 is 0 Å². The molecule has 2 aliphatic rings. The molecule has 0 spiro atoms. The van der Waals surface area contributed by atoms with E-state index in [9.17, 15) is 9.90 Å². The number of amides is 2. The predicted molar refractivity (Wildman–Crippen MR) is 164 cm³/mol. The molecule has 3 aromatic rings. The van der Waals surface area contributed by atoms with Crippen molar-refractivity contribution < 1.29 is 14.6 Å². The van der Waals surface area contributed by atoms with Gasteiger partial charge in [0.1, 0.15) is 17.7 Å². The van der Waals surface area contributed by atoms with E-state index in [4.69, 9.17) is 10.5 Å². The van der Waals surface area contributed by atoms with Gasteiger partial charge < -0.3 is 25.8 Å². The van der Waals surface area contributed by atoms with Crippen LogP contribution in [-0.2, 0) is 0 Å². The van der Waals surface area contributed by atoms with Gasteiger partial charge in [-0.15, -0.1) is 10.2 Å². The van der Waals surface area contributed by atoms with E-state index >= 15 is 0 Å². The van der Waals surface area contributed by atoms with Crippen LogP contribution < -0.4 is 26.0 Å². The Morgan fingerprint density at radius 3 is 2.55 bits per heavy atom. The van der Waals surface area contributed by atoms with Gasteiger partial charge in [0.2, 0.25) is 5.95 Å². The smallest absolute Gasteiger partial charge is 0.320 e. The first-order chi connectivity index (χ1) is 20.2. The number of nitrogens with zero attached hydrogens (tertiary/aromatic N) is 5. The van der Waals surface area contributed by atoms with Crippen molar-refractivity contribution in [2.45, 2.75) is 58.6 Å². The van der Waals surface area contributed by atoms with Crippen LogP contribution in [0.4, 0.5) is 10.7 Å². The summed E-state index contributed by atoms with van der Waals surface area (Å²) in [6, 6.07) is 11.4. The van der Waals surface area contributed by atoms with Gasteiger partial charge in [-0.3, -0.25) is 14.7 Å². The molecule has 0 saturated carbocycles. The summed E-state index contributed by atoms with van der Waals surface area (Å²) in [5.41, 5.74) is 9.42. The van der Waals surface area contributed by atoms with Gasteiger partial charge in [-0.2, -0.15) is 0 Å². The number of ether oxygens (including phenoxy) is 1. The second kappa shape index (κ2) is 12.4. The fraction of sp³-hybridized carbons (Fsp3) is 0.484. The number of fused-ring (bicyclic) bond motifs is 2. The summed E-state index contributed by atoms with van der Waals surface area (Å²) in [4.78, 5) is 19.4. The fourth-order valence-electron chi connectivity index (χ4n) is 5.48. The molecule has 1 aliphatic carbocycles. The number of carbonyl (C=O) groups excluding carboxylic acids is 1. The standard InChI is InChI=1S/C31H42N8O3/c1-31(2,3)26(32)17-27(33-4)35-29(41)34-24-10-11-25(23-8-6-5-7-22(23)24)42-21-9-12-28-36-37-30(39(28)18-21)38-15-13-20(19-40)14-16-38/h5-9,12,17-18,20,24-25,40H,10-11,13-16,19,32H2,1-4H3,(H2,33,34,35,41)/t24-,25+/m0/s1. The molecule has 0 unspecified atom stereocenters. The number of aliphatic hydroxyl groups excluding tert-OH is 1. The van der Waals surface area contributed by atoms with Gasteiger partial charge in [0.25, 0.3) is 0 Å². The monoisotopic (exact) mass is 574 g/mol. The van der Waals surface area contributed by atoms with Crippen molar-refractivity contribution in [1.29, 1.82) is 0 Å². The maximum absolute atomic E-state index is 13.0. The van der Waals surface area contributed by atoms with E-state index in [0.29, 0.717) is 23.9 Å². The molecule has 1 aliphatic heterocycles. The number of nitrogens with two attached hydrogens (primary N) is 1. The topological polar surface area (TPSA) is 142 Å². The third-order valence-electron chi connectivity index (χ3n) is 8.17. The van der Waals surface area contributed by atoms with E-state index in [2.05, 4.69) is 36.8 Å². The number of aliphatic imine (C=N–C) groups is 1. The van der Waals surface area contributed by atoms with Crippen LogP contribution in [0.2, 0.25) is 0 Å². The third kappa shape index (κ3) is 6.51. The van der Waals surface area contributed by atoms with E-state index in [1.165, 1.54) is 0 Å². The maximum atomic E-state index is 13.0. The average Bonchev–Trinajstić information content (AvgIpc) is 3.41. The molecule has 224 valence electrons. The van der Waals surface area contributed by atoms with Gasteiger partial charge in [-0.25, -0.2) is 4.79 Å². The Morgan fingerprint density at radius 2 is 1.86 bits per heavy atom. The largest absolute Gasteiger partial charge is 0.484 e. The second-order valence-corrected chi connectivity index (χ2v) is 12.1.